The molecule has 0 unspecified atom stereocenters. The normalized spacial score (nSPS) is 11.1. The Kier molecular flexibility index (Phi) is 48.3. The second-order valence-corrected chi connectivity index (χ2v) is 16.1. The fourth-order valence-corrected chi connectivity index (χ4v) is 5.66. The van der Waals surface area contributed by atoms with E-state index in [9.17, 15) is 0 Å². The third-order valence-corrected chi connectivity index (χ3v) is 9.53. The summed E-state index contributed by atoms with van der Waals surface area (Å²) in [5, 5.41) is 0. The van der Waals surface area contributed by atoms with Crippen LogP contribution in [0.1, 0.15) is 228 Å². The molecule has 3 heteroatoms. The summed E-state index contributed by atoms with van der Waals surface area (Å²) < 4.78 is 0. The van der Waals surface area contributed by atoms with Gasteiger partial charge in [-0.15, -0.1) is 0 Å². The lowest BCUT2D eigenvalue weighted by Gasteiger charge is -2.24. The molecule has 1 fully saturated rings. The van der Waals surface area contributed by atoms with Crippen molar-refractivity contribution in [2.75, 3.05) is 0 Å². The number of hydrogen-bond donors (Lipinski definition) is 0. The second-order valence-electron chi connectivity index (χ2n) is 16.1. The van der Waals surface area contributed by atoms with Gasteiger partial charge < -0.3 is 0 Å². The van der Waals surface area contributed by atoms with Crippen molar-refractivity contribution >= 4 is 0 Å². The molecule has 6 rings (SSSR count). The molecule has 0 saturated heterocycles. The molecule has 1 aliphatic rings. The van der Waals surface area contributed by atoms with Crippen LogP contribution in [0.2, 0.25) is 0 Å². The quantitative estimate of drug-likeness (QED) is 0.171. The topological polar surface area (TPSA) is 38.7 Å². The van der Waals surface area contributed by atoms with Crippen molar-refractivity contribution in [3.8, 4) is 0 Å². The van der Waals surface area contributed by atoms with Crippen molar-refractivity contribution in [3.05, 3.63) is 162 Å². The largest absolute Gasteiger partial charge is 0.265 e. The van der Waals surface area contributed by atoms with Crippen LogP contribution in [0.15, 0.2) is 134 Å². The number of pyridine rings is 3. The van der Waals surface area contributed by atoms with E-state index < -0.39 is 0 Å². The van der Waals surface area contributed by atoms with E-state index in [2.05, 4.69) is 153 Å². The number of rotatable bonds is 6. The zero-order valence-electron chi connectivity index (χ0n) is 44.1. The SMILES string of the molecule is CC.CC.CC.CC.CC(C)C1CCCCC1.CC(C)c1ccccc1.CC(C)c1ccccc1.CC(C)c1ccccn1.CC(C)c1cccnc1.CC(C)c1ccncc1. The molecule has 0 N–H and O–H groups in total. The third kappa shape index (κ3) is 36.5. The average molecular weight is 850 g/mol. The zero-order valence-corrected chi connectivity index (χ0v) is 44.1. The summed E-state index contributed by atoms with van der Waals surface area (Å²) >= 11 is 0. The molecule has 3 aromatic heterocycles. The predicted octanol–water partition coefficient (Wildman–Crippen LogP) is 19.6. The third-order valence-electron chi connectivity index (χ3n) is 9.53. The van der Waals surface area contributed by atoms with Crippen molar-refractivity contribution in [1.82, 2.24) is 15.0 Å². The van der Waals surface area contributed by atoms with Crippen LogP contribution in [-0.4, -0.2) is 15.0 Å². The maximum Gasteiger partial charge on any atom is 0.0428 e. The molecule has 0 spiro atoms. The molecule has 3 nitrogen and oxygen atoms in total. The summed E-state index contributed by atoms with van der Waals surface area (Å²) in [6, 6.07) is 35.2. The van der Waals surface area contributed by atoms with Crippen LogP contribution in [-0.2, 0) is 0 Å². The summed E-state index contributed by atoms with van der Waals surface area (Å²) in [5.74, 6) is 5.07. The van der Waals surface area contributed by atoms with Crippen LogP contribution in [0.5, 0.6) is 0 Å². The molecular weight excluding hydrogens is 751 g/mol. The van der Waals surface area contributed by atoms with E-state index in [4.69, 9.17) is 0 Å². The van der Waals surface area contributed by atoms with Crippen LogP contribution in [0, 0.1) is 11.8 Å². The van der Waals surface area contributed by atoms with E-state index in [1.54, 1.807) is 6.20 Å². The predicted molar refractivity (Wildman–Crippen MR) is 283 cm³/mol. The summed E-state index contributed by atoms with van der Waals surface area (Å²) in [6.07, 6.45) is 16.7. The summed E-state index contributed by atoms with van der Waals surface area (Å²) in [7, 11) is 0. The molecule has 62 heavy (non-hydrogen) atoms. The van der Waals surface area contributed by atoms with Gasteiger partial charge in [-0.1, -0.05) is 243 Å². The van der Waals surface area contributed by atoms with Gasteiger partial charge in [0, 0.05) is 36.7 Å². The van der Waals surface area contributed by atoms with Gasteiger partial charge in [0.15, 0.2) is 0 Å². The highest BCUT2D eigenvalue weighted by molar-refractivity contribution is 5.18. The van der Waals surface area contributed by atoms with Crippen LogP contribution in [0.25, 0.3) is 0 Å². The first kappa shape index (κ1) is 64.5. The highest BCUT2D eigenvalue weighted by Gasteiger charge is 2.15. The minimum absolute atomic E-state index is 0.547. The van der Waals surface area contributed by atoms with Gasteiger partial charge in [0.25, 0.3) is 0 Å². The van der Waals surface area contributed by atoms with Crippen LogP contribution >= 0.6 is 0 Å². The van der Waals surface area contributed by atoms with Crippen molar-refractivity contribution in [1.29, 1.82) is 0 Å². The van der Waals surface area contributed by atoms with E-state index in [-0.39, 0.29) is 0 Å². The Balaban J connectivity index is -0.000000315. The van der Waals surface area contributed by atoms with Gasteiger partial charge in [-0.3, -0.25) is 15.0 Å². The smallest absolute Gasteiger partial charge is 0.0428 e. The highest BCUT2D eigenvalue weighted by atomic mass is 14.7. The minimum Gasteiger partial charge on any atom is -0.265 e. The summed E-state index contributed by atoms with van der Waals surface area (Å²) in [4.78, 5) is 12.1. The lowest BCUT2D eigenvalue weighted by molar-refractivity contribution is 0.279. The van der Waals surface area contributed by atoms with E-state index in [0.717, 1.165) is 17.5 Å². The highest BCUT2D eigenvalue weighted by Crippen LogP contribution is 2.29. The van der Waals surface area contributed by atoms with Gasteiger partial charge in [0.05, 0.1) is 0 Å². The fourth-order valence-electron chi connectivity index (χ4n) is 5.66. The Bertz CT molecular complexity index is 1260. The van der Waals surface area contributed by atoms with Gasteiger partial charge >= 0.3 is 0 Å². The maximum absolute atomic E-state index is 4.18. The van der Waals surface area contributed by atoms with E-state index in [0.29, 0.717) is 29.6 Å². The molecule has 2 aromatic carbocycles. The van der Waals surface area contributed by atoms with Crippen LogP contribution in [0.4, 0.5) is 0 Å². The fraction of sp³-hybridized carbons (Fsp3) is 0.542. The van der Waals surface area contributed by atoms with Crippen LogP contribution < -0.4 is 0 Å². The molecule has 5 aromatic rings. The molecule has 350 valence electrons. The van der Waals surface area contributed by atoms with Gasteiger partial charge in [0.2, 0.25) is 0 Å². The Labute approximate surface area is 387 Å². The lowest BCUT2D eigenvalue weighted by atomic mass is 9.82. The molecule has 1 saturated carbocycles. The zero-order chi connectivity index (χ0) is 48.1. The average Bonchev–Trinajstić information content (AvgIpc) is 3.34. The van der Waals surface area contributed by atoms with Gasteiger partial charge in [-0.05, 0) is 94.0 Å². The maximum atomic E-state index is 4.18. The number of nitrogens with zero attached hydrogens (tertiary/aromatic N) is 3. The molecule has 0 bridgehead atoms. The standard InChI is InChI=1S/C9H18.2C9H12.3C8H11N.4C2H6/c3*1-8(2)9-6-4-3-5-7-9;1-7(2)8-3-5-9-6-4-8;1-7(2)8-4-3-5-9-6-8;1-7(2)8-5-3-4-6-9-8;4*1-2/h8-9H,3-7H2,1-2H3;2*3-8H,1-2H3;3*3-7H,1-2H3;4*1-2H3. The summed E-state index contributed by atoms with van der Waals surface area (Å²) in [6.45, 7) is 42.5. The molecule has 0 aliphatic heterocycles. The van der Waals surface area contributed by atoms with Gasteiger partial charge in [0.1, 0.15) is 0 Å². The van der Waals surface area contributed by atoms with E-state index in [1.807, 2.05) is 129 Å². The van der Waals surface area contributed by atoms with Crippen molar-refractivity contribution in [2.24, 2.45) is 11.8 Å². The Morgan fingerprint density at radius 2 is 0.742 bits per heavy atom. The van der Waals surface area contributed by atoms with Crippen molar-refractivity contribution in [2.45, 2.75) is 200 Å². The van der Waals surface area contributed by atoms with Crippen molar-refractivity contribution in [3.63, 3.8) is 0 Å². The first-order valence-electron chi connectivity index (χ1n) is 24.6. The van der Waals surface area contributed by atoms with E-state index in [1.165, 1.54) is 54.4 Å². The number of benzene rings is 2. The monoisotopic (exact) mass is 850 g/mol. The van der Waals surface area contributed by atoms with Crippen LogP contribution in [0.3, 0.4) is 0 Å². The first-order valence-corrected chi connectivity index (χ1v) is 24.6. The minimum atomic E-state index is 0.547. The molecule has 1 aliphatic carbocycles. The lowest BCUT2D eigenvalue weighted by Crippen LogP contribution is -2.12. The first-order chi connectivity index (χ1) is 29.8. The molecular formula is C59H99N3. The van der Waals surface area contributed by atoms with Gasteiger partial charge in [-0.2, -0.15) is 0 Å². The Morgan fingerprint density at radius 1 is 0.355 bits per heavy atom. The molecule has 3 heterocycles. The van der Waals surface area contributed by atoms with E-state index >= 15 is 0 Å². The molecule has 0 atom stereocenters. The molecule has 0 amide bonds. The number of aromatic nitrogens is 3. The Hall–Kier alpha value is -4.11. The number of hydrogen-bond acceptors (Lipinski definition) is 3. The van der Waals surface area contributed by atoms with Gasteiger partial charge in [-0.25, -0.2) is 0 Å². The Morgan fingerprint density at radius 3 is 0.984 bits per heavy atom. The molecule has 0 radical (unpaired) electrons. The summed E-state index contributed by atoms with van der Waals surface area (Å²) in [5.41, 5.74) is 6.65. The van der Waals surface area contributed by atoms with Crippen molar-refractivity contribution < 1.29 is 0 Å². The second kappa shape index (κ2) is 46.4.